The van der Waals surface area contributed by atoms with Gasteiger partial charge in [0.05, 0.1) is 21.3 Å². The fourth-order valence-corrected chi connectivity index (χ4v) is 8.75. The lowest BCUT2D eigenvalue weighted by molar-refractivity contribution is -0.119. The maximum Gasteiger partial charge on any atom is 0.409 e. The van der Waals surface area contributed by atoms with Crippen LogP contribution in [0.3, 0.4) is 0 Å². The molecule has 3 aliphatic heterocycles. The molecule has 3 aromatic carbocycles. The van der Waals surface area contributed by atoms with E-state index < -0.39 is 0 Å². The number of hydrogen-bond donors (Lipinski definition) is 0. The first-order valence-electron chi connectivity index (χ1n) is 23.5. The number of carbonyl (C=O) groups is 6. The summed E-state index contributed by atoms with van der Waals surface area (Å²) in [5, 5.41) is 0. The van der Waals surface area contributed by atoms with Gasteiger partial charge in [0.1, 0.15) is 0 Å². The van der Waals surface area contributed by atoms with Gasteiger partial charge in [0.15, 0.2) is 0 Å². The van der Waals surface area contributed by atoms with E-state index in [0.29, 0.717) is 58.5 Å². The van der Waals surface area contributed by atoms with Crippen LogP contribution in [0.4, 0.5) is 31.4 Å². The molecule has 6 amide bonds. The number of para-hydroxylation sites is 3. The Hall–Kier alpha value is -6.12. The second-order valence-corrected chi connectivity index (χ2v) is 16.9. The third-order valence-corrected chi connectivity index (χ3v) is 12.2. The summed E-state index contributed by atoms with van der Waals surface area (Å²) in [7, 11) is 4.22. The summed E-state index contributed by atoms with van der Waals surface area (Å²) in [6, 6.07) is 29.2. The van der Waals surface area contributed by atoms with E-state index in [1.807, 2.05) is 126 Å². The number of nitrogens with zero attached hydrogens (tertiary/aromatic N) is 6. The average Bonchev–Trinajstić information content (AvgIpc) is 3.38. The number of rotatable bonds is 12. The first kappa shape index (κ1) is 52.5. The van der Waals surface area contributed by atoms with Crippen LogP contribution in [0.2, 0.25) is 0 Å². The van der Waals surface area contributed by atoms with E-state index in [1.165, 1.54) is 21.3 Å². The van der Waals surface area contributed by atoms with Gasteiger partial charge in [-0.05, 0) is 92.7 Å². The molecule has 0 aliphatic carbocycles. The largest absolute Gasteiger partial charge is 0.453 e. The molecular weight excluding hydrogens is 841 g/mol. The van der Waals surface area contributed by atoms with Crippen molar-refractivity contribution in [2.45, 2.75) is 78.6 Å². The number of methoxy groups -OCH3 is 3. The second-order valence-electron chi connectivity index (χ2n) is 16.9. The van der Waals surface area contributed by atoms with Crippen LogP contribution in [0.5, 0.6) is 0 Å². The van der Waals surface area contributed by atoms with Gasteiger partial charge >= 0.3 is 18.3 Å². The molecule has 3 aromatic rings. The van der Waals surface area contributed by atoms with Crippen LogP contribution in [0.1, 0.15) is 78.6 Å². The predicted octanol–water partition coefficient (Wildman–Crippen LogP) is 8.72. The molecular formula is C51H72N6O9. The summed E-state index contributed by atoms with van der Waals surface area (Å²) in [4.78, 5) is 82.6. The molecule has 15 heteroatoms. The number of benzene rings is 3. The minimum Gasteiger partial charge on any atom is -0.453 e. The predicted molar refractivity (Wildman–Crippen MR) is 257 cm³/mol. The second kappa shape index (κ2) is 28.0. The van der Waals surface area contributed by atoms with Crippen molar-refractivity contribution in [2.75, 3.05) is 94.9 Å². The average molecular weight is 913 g/mol. The summed E-state index contributed by atoms with van der Waals surface area (Å²) in [6.07, 6.45) is 6.49. The van der Waals surface area contributed by atoms with Gasteiger partial charge in [-0.25, -0.2) is 14.4 Å². The van der Waals surface area contributed by atoms with Crippen LogP contribution in [0, 0.1) is 17.8 Å². The van der Waals surface area contributed by atoms with Gasteiger partial charge in [0, 0.05) is 95.2 Å². The third-order valence-electron chi connectivity index (χ3n) is 12.2. The molecule has 15 nitrogen and oxygen atoms in total. The van der Waals surface area contributed by atoms with Crippen LogP contribution in [0.25, 0.3) is 0 Å². The maximum atomic E-state index is 12.3. The fraction of sp³-hybridized carbons (Fsp3) is 0.529. The van der Waals surface area contributed by atoms with Crippen molar-refractivity contribution in [1.82, 2.24) is 14.7 Å². The van der Waals surface area contributed by atoms with Crippen molar-refractivity contribution >= 4 is 53.1 Å². The van der Waals surface area contributed by atoms with E-state index in [9.17, 15) is 28.8 Å². The molecule has 3 atom stereocenters. The van der Waals surface area contributed by atoms with E-state index in [4.69, 9.17) is 14.2 Å². The topological polar surface area (TPSA) is 150 Å². The van der Waals surface area contributed by atoms with Gasteiger partial charge < -0.3 is 43.6 Å². The van der Waals surface area contributed by atoms with E-state index in [-0.39, 0.29) is 53.8 Å². The van der Waals surface area contributed by atoms with Gasteiger partial charge in [0.25, 0.3) is 0 Å². The van der Waals surface area contributed by atoms with Gasteiger partial charge in [0.2, 0.25) is 17.7 Å². The summed E-state index contributed by atoms with van der Waals surface area (Å²) < 4.78 is 14.4. The molecule has 3 heterocycles. The normalized spacial score (nSPS) is 17.9. The zero-order chi connectivity index (χ0) is 47.8. The van der Waals surface area contributed by atoms with E-state index >= 15 is 0 Å². The Bertz CT molecular complexity index is 1730. The molecule has 3 fully saturated rings. The van der Waals surface area contributed by atoms with Crippen LogP contribution >= 0.6 is 0 Å². The Labute approximate surface area is 391 Å². The minimum atomic E-state index is -0.280. The number of ether oxygens (including phenoxy) is 3. The van der Waals surface area contributed by atoms with Gasteiger partial charge in [-0.2, -0.15) is 0 Å². The standard InChI is InChI=1S/3C17H24N2O3/c3*1-3-16(20)19(15-9-5-4-6-10-15)13-14-8-7-11-18(12-14)17(21)22-2/h3*4-6,9-10,14H,3,7-8,11-13H2,1-2H3/t14-;;/m1../s1. The number of likely N-dealkylation sites (tertiary alicyclic amines) is 3. The highest BCUT2D eigenvalue weighted by Crippen LogP contribution is 2.26. The molecule has 360 valence electrons. The maximum absolute atomic E-state index is 12.3. The molecule has 0 bridgehead atoms. The SMILES string of the molecule is CCC(=O)N(CC1CCCN(C(=O)OC)C1)c1ccccc1.CCC(=O)N(CC1CCCN(C(=O)OC)C1)c1ccccc1.CCC(=O)N(C[C@@H]1CCCN(C(=O)OC)C1)c1ccccc1. The van der Waals surface area contributed by atoms with Crippen molar-refractivity contribution in [2.24, 2.45) is 17.8 Å². The van der Waals surface area contributed by atoms with Crippen molar-refractivity contribution in [3.05, 3.63) is 91.0 Å². The number of carbonyl (C=O) groups excluding carboxylic acids is 6. The monoisotopic (exact) mass is 913 g/mol. The Morgan fingerprint density at radius 1 is 0.439 bits per heavy atom. The number of anilines is 3. The molecule has 66 heavy (non-hydrogen) atoms. The van der Waals surface area contributed by atoms with Crippen molar-refractivity contribution in [3.63, 3.8) is 0 Å². The number of hydrogen-bond acceptors (Lipinski definition) is 9. The summed E-state index contributed by atoms with van der Waals surface area (Å²) >= 11 is 0. The first-order valence-corrected chi connectivity index (χ1v) is 23.5. The molecule has 0 N–H and O–H groups in total. The zero-order valence-electron chi connectivity index (χ0n) is 40.0. The molecule has 3 saturated heterocycles. The third kappa shape index (κ3) is 16.1. The minimum absolute atomic E-state index is 0.112. The molecule has 6 rings (SSSR count). The molecule has 0 radical (unpaired) electrons. The molecule has 0 spiro atoms. The highest BCUT2D eigenvalue weighted by molar-refractivity contribution is 5.94. The lowest BCUT2D eigenvalue weighted by Gasteiger charge is -2.35. The Morgan fingerprint density at radius 2 is 0.682 bits per heavy atom. The van der Waals surface area contributed by atoms with Crippen molar-refractivity contribution < 1.29 is 43.0 Å². The Kier molecular flexibility index (Phi) is 22.3. The van der Waals surface area contributed by atoms with Gasteiger partial charge in [-0.1, -0.05) is 75.4 Å². The van der Waals surface area contributed by atoms with E-state index in [2.05, 4.69) is 0 Å². The quantitative estimate of drug-likeness (QED) is 0.163. The van der Waals surface area contributed by atoms with Crippen LogP contribution < -0.4 is 14.7 Å². The van der Waals surface area contributed by atoms with Crippen molar-refractivity contribution in [3.8, 4) is 0 Å². The zero-order valence-corrected chi connectivity index (χ0v) is 40.0. The summed E-state index contributed by atoms with van der Waals surface area (Å²) in [6.45, 7) is 11.7. The number of amides is 6. The van der Waals surface area contributed by atoms with Gasteiger partial charge in [-0.15, -0.1) is 0 Å². The lowest BCUT2D eigenvalue weighted by Crippen LogP contribution is -2.45. The van der Waals surface area contributed by atoms with Crippen LogP contribution in [-0.2, 0) is 28.6 Å². The molecule has 3 aliphatic rings. The molecule has 0 aromatic heterocycles. The highest BCUT2D eigenvalue weighted by Gasteiger charge is 2.30. The number of piperidine rings is 3. The van der Waals surface area contributed by atoms with Crippen molar-refractivity contribution in [1.29, 1.82) is 0 Å². The van der Waals surface area contributed by atoms with Crippen LogP contribution in [0.15, 0.2) is 91.0 Å². The molecule has 0 saturated carbocycles. The van der Waals surface area contributed by atoms with E-state index in [1.54, 1.807) is 14.7 Å². The lowest BCUT2D eigenvalue weighted by atomic mass is 9.97. The smallest absolute Gasteiger partial charge is 0.409 e. The van der Waals surface area contributed by atoms with E-state index in [0.717, 1.165) is 75.2 Å². The molecule has 2 unspecified atom stereocenters. The van der Waals surface area contributed by atoms with Crippen LogP contribution in [-0.4, -0.2) is 131 Å². The summed E-state index contributed by atoms with van der Waals surface area (Å²) in [5.74, 6) is 1.18. The summed E-state index contributed by atoms with van der Waals surface area (Å²) in [5.41, 5.74) is 2.76. The Morgan fingerprint density at radius 3 is 0.894 bits per heavy atom. The fourth-order valence-electron chi connectivity index (χ4n) is 8.75. The first-order chi connectivity index (χ1) is 32.0. The Balaban J connectivity index is 0.000000216. The highest BCUT2D eigenvalue weighted by atomic mass is 16.5. The van der Waals surface area contributed by atoms with Gasteiger partial charge in [-0.3, -0.25) is 14.4 Å².